The van der Waals surface area contributed by atoms with Crippen LogP contribution in [0.15, 0.2) is 17.1 Å². The Hall–Kier alpha value is -0.770. The minimum atomic E-state index is -0.0800. The number of nitrogens with one attached hydrogen (secondary N) is 1. The van der Waals surface area contributed by atoms with E-state index < -0.39 is 0 Å². The molecule has 1 aromatic rings. The van der Waals surface area contributed by atoms with Crippen molar-refractivity contribution in [3.8, 4) is 0 Å². The topological polar surface area (TPSA) is 45.8 Å². The monoisotopic (exact) mass is 184 g/mol. The summed E-state index contributed by atoms with van der Waals surface area (Å²) in [6.07, 6.45) is 1.54. The maximum Gasteiger partial charge on any atom is 0.250 e. The molecular weight excluding hydrogens is 172 g/mol. The summed E-state index contributed by atoms with van der Waals surface area (Å²) in [4.78, 5) is 17.7. The minimum absolute atomic E-state index is 0.0800. The summed E-state index contributed by atoms with van der Waals surface area (Å²) >= 11 is 1.76. The van der Waals surface area contributed by atoms with Crippen molar-refractivity contribution >= 4 is 11.8 Å². The lowest BCUT2D eigenvalue weighted by molar-refractivity contribution is 0.901. The molecule has 1 heterocycles. The molecule has 0 spiro atoms. The number of rotatable bonds is 3. The largest absolute Gasteiger partial charge is 0.310 e. The van der Waals surface area contributed by atoms with Crippen molar-refractivity contribution in [2.45, 2.75) is 19.1 Å². The first-order valence-corrected chi connectivity index (χ1v) is 4.95. The fourth-order valence-corrected chi connectivity index (χ4v) is 1.70. The van der Waals surface area contributed by atoms with Crippen LogP contribution in [0.5, 0.6) is 0 Å². The molecule has 0 radical (unpaired) electrons. The number of aromatic amines is 1. The average molecular weight is 184 g/mol. The Morgan fingerprint density at radius 3 is 3.08 bits per heavy atom. The van der Waals surface area contributed by atoms with Crippen molar-refractivity contribution in [1.29, 1.82) is 0 Å². The molecule has 0 fully saturated rings. The molecule has 0 saturated carbocycles. The predicted molar refractivity (Wildman–Crippen MR) is 51.4 cm³/mol. The lowest BCUT2D eigenvalue weighted by Crippen LogP contribution is -2.09. The first kappa shape index (κ1) is 9.32. The highest BCUT2D eigenvalue weighted by atomic mass is 32.2. The van der Waals surface area contributed by atoms with E-state index in [9.17, 15) is 4.79 Å². The third kappa shape index (κ3) is 2.37. The molecule has 1 aromatic heterocycles. The maximum atomic E-state index is 10.9. The normalized spacial score (nSPS) is 12.8. The van der Waals surface area contributed by atoms with Crippen LogP contribution in [0.3, 0.4) is 0 Å². The van der Waals surface area contributed by atoms with Gasteiger partial charge >= 0.3 is 0 Å². The van der Waals surface area contributed by atoms with Gasteiger partial charge in [0.25, 0.3) is 5.56 Å². The van der Waals surface area contributed by atoms with Crippen molar-refractivity contribution in [2.24, 2.45) is 0 Å². The van der Waals surface area contributed by atoms with Crippen LogP contribution in [0, 0.1) is 0 Å². The Morgan fingerprint density at radius 2 is 2.50 bits per heavy atom. The highest BCUT2D eigenvalue weighted by Crippen LogP contribution is 2.23. The zero-order chi connectivity index (χ0) is 8.97. The molecule has 0 saturated heterocycles. The van der Waals surface area contributed by atoms with E-state index in [1.807, 2.05) is 6.92 Å². The van der Waals surface area contributed by atoms with Gasteiger partial charge in [0.1, 0.15) is 5.82 Å². The van der Waals surface area contributed by atoms with Crippen LogP contribution in [0.1, 0.15) is 24.9 Å². The Labute approximate surface area is 75.6 Å². The summed E-state index contributed by atoms with van der Waals surface area (Å²) in [5.41, 5.74) is -0.0800. The maximum absolute atomic E-state index is 10.9. The third-order valence-electron chi connectivity index (χ3n) is 1.49. The second-order valence-electron chi connectivity index (χ2n) is 2.42. The molecule has 0 amide bonds. The lowest BCUT2D eigenvalue weighted by atomic mass is 10.4. The standard InChI is InChI=1S/C8H12N2OS/c1-3-12-6(2)8-9-5-4-7(11)10-8/h4-6H,3H2,1-2H3,(H,9,10,11). The van der Waals surface area contributed by atoms with Crippen LogP contribution in [-0.2, 0) is 0 Å². The number of nitrogens with zero attached hydrogens (tertiary/aromatic N) is 1. The van der Waals surface area contributed by atoms with Crippen molar-refractivity contribution in [3.05, 3.63) is 28.4 Å². The molecule has 0 aliphatic heterocycles. The molecule has 66 valence electrons. The summed E-state index contributed by atoms with van der Waals surface area (Å²) in [6, 6.07) is 1.42. The number of hydrogen-bond acceptors (Lipinski definition) is 3. The SMILES string of the molecule is CCSC(C)c1nccc(=O)[nH]1. The van der Waals surface area contributed by atoms with E-state index in [-0.39, 0.29) is 10.8 Å². The summed E-state index contributed by atoms with van der Waals surface area (Å²) < 4.78 is 0. The van der Waals surface area contributed by atoms with Gasteiger partial charge in [-0.15, -0.1) is 0 Å². The van der Waals surface area contributed by atoms with Gasteiger partial charge < -0.3 is 4.98 Å². The number of H-pyrrole nitrogens is 1. The molecule has 0 aliphatic rings. The fourth-order valence-electron chi connectivity index (χ4n) is 0.921. The van der Waals surface area contributed by atoms with Gasteiger partial charge in [-0.3, -0.25) is 4.79 Å². The van der Waals surface area contributed by atoms with Crippen LogP contribution in [0.25, 0.3) is 0 Å². The van der Waals surface area contributed by atoms with E-state index in [1.54, 1.807) is 18.0 Å². The molecule has 12 heavy (non-hydrogen) atoms. The van der Waals surface area contributed by atoms with Gasteiger partial charge in [-0.25, -0.2) is 4.98 Å². The van der Waals surface area contributed by atoms with Gasteiger partial charge in [0.2, 0.25) is 0 Å². The first-order valence-electron chi connectivity index (χ1n) is 3.91. The molecule has 0 aromatic carbocycles. The van der Waals surface area contributed by atoms with Gasteiger partial charge in [-0.2, -0.15) is 11.8 Å². The molecule has 3 nitrogen and oxygen atoms in total. The van der Waals surface area contributed by atoms with Crippen molar-refractivity contribution in [1.82, 2.24) is 9.97 Å². The molecule has 0 bridgehead atoms. The Morgan fingerprint density at radius 1 is 1.75 bits per heavy atom. The summed E-state index contributed by atoms with van der Waals surface area (Å²) in [7, 11) is 0. The van der Waals surface area contributed by atoms with Crippen molar-refractivity contribution in [3.63, 3.8) is 0 Å². The van der Waals surface area contributed by atoms with Crippen molar-refractivity contribution in [2.75, 3.05) is 5.75 Å². The van der Waals surface area contributed by atoms with Crippen LogP contribution in [-0.4, -0.2) is 15.7 Å². The fraction of sp³-hybridized carbons (Fsp3) is 0.500. The highest BCUT2D eigenvalue weighted by Gasteiger charge is 2.05. The van der Waals surface area contributed by atoms with E-state index >= 15 is 0 Å². The Balaban J connectivity index is 2.80. The van der Waals surface area contributed by atoms with Crippen LogP contribution in [0.4, 0.5) is 0 Å². The summed E-state index contributed by atoms with van der Waals surface area (Å²) in [5, 5.41) is 0.267. The van der Waals surface area contributed by atoms with E-state index in [0.717, 1.165) is 11.6 Å². The number of thioether (sulfide) groups is 1. The Kier molecular flexibility index (Phi) is 3.34. The van der Waals surface area contributed by atoms with E-state index in [0.29, 0.717) is 0 Å². The van der Waals surface area contributed by atoms with E-state index in [2.05, 4.69) is 16.9 Å². The van der Waals surface area contributed by atoms with Crippen LogP contribution in [0.2, 0.25) is 0 Å². The first-order chi connectivity index (χ1) is 5.74. The molecule has 1 N–H and O–H groups in total. The average Bonchev–Trinajstić information content (AvgIpc) is 2.05. The second-order valence-corrected chi connectivity index (χ2v) is 4.03. The van der Waals surface area contributed by atoms with Gasteiger partial charge in [-0.05, 0) is 12.7 Å². The third-order valence-corrected chi connectivity index (χ3v) is 2.55. The highest BCUT2D eigenvalue weighted by molar-refractivity contribution is 7.99. The molecule has 0 aliphatic carbocycles. The van der Waals surface area contributed by atoms with Gasteiger partial charge in [-0.1, -0.05) is 6.92 Å². The van der Waals surface area contributed by atoms with Gasteiger partial charge in [0, 0.05) is 12.3 Å². The molecule has 4 heteroatoms. The zero-order valence-electron chi connectivity index (χ0n) is 7.20. The lowest BCUT2D eigenvalue weighted by Gasteiger charge is -2.07. The van der Waals surface area contributed by atoms with Gasteiger partial charge in [0.05, 0.1) is 5.25 Å². The summed E-state index contributed by atoms with van der Waals surface area (Å²) in [6.45, 7) is 4.12. The molecule has 1 unspecified atom stereocenters. The van der Waals surface area contributed by atoms with Crippen LogP contribution < -0.4 is 5.56 Å². The van der Waals surface area contributed by atoms with E-state index in [1.165, 1.54) is 6.07 Å². The molecular formula is C8H12N2OS. The number of hydrogen-bond donors (Lipinski definition) is 1. The quantitative estimate of drug-likeness (QED) is 0.775. The van der Waals surface area contributed by atoms with Crippen LogP contribution >= 0.6 is 11.8 Å². The second kappa shape index (κ2) is 4.30. The minimum Gasteiger partial charge on any atom is -0.310 e. The van der Waals surface area contributed by atoms with Crippen molar-refractivity contribution < 1.29 is 0 Å². The molecule has 1 rings (SSSR count). The Bertz CT molecular complexity index is 297. The predicted octanol–water partition coefficient (Wildman–Crippen LogP) is 1.58. The number of aromatic nitrogens is 2. The van der Waals surface area contributed by atoms with E-state index in [4.69, 9.17) is 0 Å². The summed E-state index contributed by atoms with van der Waals surface area (Å²) in [5.74, 6) is 1.79. The van der Waals surface area contributed by atoms with Gasteiger partial charge in [0.15, 0.2) is 0 Å². The smallest absolute Gasteiger partial charge is 0.250 e. The molecule has 1 atom stereocenters. The zero-order valence-corrected chi connectivity index (χ0v) is 8.02.